The number of carbonyl (C=O) groups is 1. The summed E-state index contributed by atoms with van der Waals surface area (Å²) in [5.74, 6) is 0.101. The maximum Gasteiger partial charge on any atom is 0.253 e. The highest BCUT2D eigenvalue weighted by Crippen LogP contribution is 2.19. The highest BCUT2D eigenvalue weighted by atomic mass is 35.5. The van der Waals surface area contributed by atoms with Crippen LogP contribution >= 0.6 is 23.7 Å². The zero-order valence-corrected chi connectivity index (χ0v) is 14.5. The molecule has 0 bridgehead atoms. The molecule has 0 radical (unpaired) electrons. The fraction of sp³-hybridized carbons (Fsp3) is 0.375. The number of hydrogen-bond acceptors (Lipinski definition) is 5. The number of amides is 1. The van der Waals surface area contributed by atoms with E-state index in [9.17, 15) is 4.79 Å². The van der Waals surface area contributed by atoms with Gasteiger partial charge in [-0.1, -0.05) is 12.1 Å². The molecule has 2 aromatic rings. The number of hydrogen-bond donors (Lipinski definition) is 1. The summed E-state index contributed by atoms with van der Waals surface area (Å²) >= 11 is 1.65. The Kier molecular flexibility index (Phi) is 6.38. The molecule has 2 N–H and O–H groups in total. The molecule has 1 saturated heterocycles. The molecule has 0 atom stereocenters. The van der Waals surface area contributed by atoms with Gasteiger partial charge in [-0.05, 0) is 24.1 Å². The Bertz CT molecular complexity index is 618. The first kappa shape index (κ1) is 17.7. The van der Waals surface area contributed by atoms with Crippen LogP contribution in [0.2, 0.25) is 0 Å². The predicted molar refractivity (Wildman–Crippen MR) is 96.4 cm³/mol. The van der Waals surface area contributed by atoms with E-state index in [0.717, 1.165) is 48.9 Å². The number of nitrogens with zero attached hydrogens (tertiary/aromatic N) is 3. The summed E-state index contributed by atoms with van der Waals surface area (Å²) in [7, 11) is 0. The van der Waals surface area contributed by atoms with E-state index in [-0.39, 0.29) is 18.3 Å². The molecule has 1 aromatic carbocycles. The number of nitrogens with two attached hydrogens (primary N) is 1. The van der Waals surface area contributed by atoms with E-state index < -0.39 is 0 Å². The molecule has 1 aromatic heterocycles. The zero-order valence-electron chi connectivity index (χ0n) is 12.9. The monoisotopic (exact) mass is 352 g/mol. The number of halogens is 1. The average Bonchev–Trinajstić information content (AvgIpc) is 2.99. The van der Waals surface area contributed by atoms with Gasteiger partial charge in [0.25, 0.3) is 5.91 Å². The van der Waals surface area contributed by atoms with Crippen molar-refractivity contribution in [2.24, 2.45) is 5.73 Å². The lowest BCUT2D eigenvalue weighted by Gasteiger charge is -2.21. The lowest BCUT2D eigenvalue weighted by molar-refractivity contribution is 0.0767. The fourth-order valence-corrected chi connectivity index (χ4v) is 3.35. The summed E-state index contributed by atoms with van der Waals surface area (Å²) in [5, 5.41) is 3.03. The van der Waals surface area contributed by atoms with E-state index in [0.29, 0.717) is 6.54 Å². The van der Waals surface area contributed by atoms with E-state index >= 15 is 0 Å². The molecular weight excluding hydrogens is 332 g/mol. The summed E-state index contributed by atoms with van der Waals surface area (Å²) in [6.07, 6.45) is 2.79. The first-order valence-corrected chi connectivity index (χ1v) is 8.38. The number of benzene rings is 1. The van der Waals surface area contributed by atoms with Crippen molar-refractivity contribution in [1.29, 1.82) is 0 Å². The van der Waals surface area contributed by atoms with Crippen LogP contribution < -0.4 is 10.6 Å². The molecule has 0 aliphatic carbocycles. The van der Waals surface area contributed by atoms with Gasteiger partial charge >= 0.3 is 0 Å². The molecule has 124 valence electrons. The van der Waals surface area contributed by atoms with Crippen LogP contribution in [-0.2, 0) is 6.54 Å². The third-order valence-electron chi connectivity index (χ3n) is 3.91. The highest BCUT2D eigenvalue weighted by Gasteiger charge is 2.21. The number of thiazole rings is 1. The van der Waals surface area contributed by atoms with Crippen molar-refractivity contribution in [2.75, 3.05) is 31.1 Å². The van der Waals surface area contributed by atoms with Crippen molar-refractivity contribution in [2.45, 2.75) is 13.0 Å². The van der Waals surface area contributed by atoms with E-state index in [1.54, 1.807) is 11.3 Å². The van der Waals surface area contributed by atoms with Gasteiger partial charge in [0.15, 0.2) is 5.13 Å². The van der Waals surface area contributed by atoms with Crippen molar-refractivity contribution < 1.29 is 4.79 Å². The van der Waals surface area contributed by atoms with Gasteiger partial charge < -0.3 is 15.5 Å². The zero-order chi connectivity index (χ0) is 15.4. The maximum absolute atomic E-state index is 12.6. The number of carbonyl (C=O) groups excluding carboxylic acids is 1. The molecule has 0 spiro atoms. The SMILES string of the molecule is Cl.NCc1ccc(C(=O)N2CCCN(c3nccs3)CC2)cc1. The lowest BCUT2D eigenvalue weighted by atomic mass is 10.1. The molecule has 3 rings (SSSR count). The molecule has 23 heavy (non-hydrogen) atoms. The summed E-state index contributed by atoms with van der Waals surface area (Å²) < 4.78 is 0. The van der Waals surface area contributed by atoms with Crippen LogP contribution in [0.15, 0.2) is 35.8 Å². The van der Waals surface area contributed by atoms with Crippen molar-refractivity contribution in [3.05, 3.63) is 47.0 Å². The third-order valence-corrected chi connectivity index (χ3v) is 4.74. The van der Waals surface area contributed by atoms with Crippen LogP contribution in [0, 0.1) is 0 Å². The van der Waals surface area contributed by atoms with Gasteiger partial charge in [-0.15, -0.1) is 23.7 Å². The number of rotatable bonds is 3. The molecule has 1 aliphatic heterocycles. The second-order valence-electron chi connectivity index (χ2n) is 5.35. The lowest BCUT2D eigenvalue weighted by Crippen LogP contribution is -2.35. The molecule has 1 fully saturated rings. The van der Waals surface area contributed by atoms with Crippen LogP contribution in [0.3, 0.4) is 0 Å². The van der Waals surface area contributed by atoms with Crippen molar-refractivity contribution >= 4 is 34.8 Å². The second-order valence-corrected chi connectivity index (χ2v) is 6.22. The quantitative estimate of drug-likeness (QED) is 0.921. The van der Waals surface area contributed by atoms with E-state index in [2.05, 4.69) is 9.88 Å². The van der Waals surface area contributed by atoms with E-state index in [4.69, 9.17) is 5.73 Å². The van der Waals surface area contributed by atoms with E-state index in [1.807, 2.05) is 40.7 Å². The normalized spacial score (nSPS) is 15.0. The predicted octanol–water partition coefficient (Wildman–Crippen LogP) is 2.38. The van der Waals surface area contributed by atoms with Gasteiger partial charge in [0.2, 0.25) is 0 Å². The Morgan fingerprint density at radius 2 is 1.96 bits per heavy atom. The molecule has 1 aliphatic rings. The van der Waals surface area contributed by atoms with Gasteiger partial charge in [0, 0.05) is 49.9 Å². The van der Waals surface area contributed by atoms with Crippen molar-refractivity contribution in [1.82, 2.24) is 9.88 Å². The van der Waals surface area contributed by atoms with Crippen molar-refractivity contribution in [3.8, 4) is 0 Å². The molecule has 7 heteroatoms. The van der Waals surface area contributed by atoms with Gasteiger partial charge in [0.05, 0.1) is 0 Å². The Morgan fingerprint density at radius 3 is 2.61 bits per heavy atom. The summed E-state index contributed by atoms with van der Waals surface area (Å²) in [6, 6.07) is 7.59. The molecular formula is C16H21ClN4OS. The Hall–Kier alpha value is -1.63. The molecule has 1 amide bonds. The first-order chi connectivity index (χ1) is 10.8. The summed E-state index contributed by atoms with van der Waals surface area (Å²) in [4.78, 5) is 21.2. The summed E-state index contributed by atoms with van der Waals surface area (Å²) in [6.45, 7) is 3.81. The van der Waals surface area contributed by atoms with E-state index in [1.165, 1.54) is 0 Å². The van der Waals surface area contributed by atoms with Gasteiger partial charge in [-0.3, -0.25) is 4.79 Å². The molecule has 5 nitrogen and oxygen atoms in total. The van der Waals surface area contributed by atoms with Crippen LogP contribution in [0.25, 0.3) is 0 Å². The minimum absolute atomic E-state index is 0. The molecule has 0 unspecified atom stereocenters. The van der Waals surface area contributed by atoms with Crippen molar-refractivity contribution in [3.63, 3.8) is 0 Å². The minimum Gasteiger partial charge on any atom is -0.346 e. The Morgan fingerprint density at radius 1 is 1.17 bits per heavy atom. The first-order valence-electron chi connectivity index (χ1n) is 7.50. The van der Waals surface area contributed by atoms with Crippen LogP contribution in [0.1, 0.15) is 22.3 Å². The Balaban J connectivity index is 0.00000192. The smallest absolute Gasteiger partial charge is 0.253 e. The van der Waals surface area contributed by atoms with Crippen LogP contribution in [0.5, 0.6) is 0 Å². The number of anilines is 1. The fourth-order valence-electron chi connectivity index (χ4n) is 2.65. The Labute approximate surface area is 146 Å². The maximum atomic E-state index is 12.6. The standard InChI is InChI=1S/C16H20N4OS.ClH/c17-12-13-2-4-14(5-3-13)15(21)19-7-1-8-20(10-9-19)16-18-6-11-22-16;/h2-6,11H,1,7-10,12,17H2;1H. The van der Waals surface area contributed by atoms with Crippen LogP contribution in [-0.4, -0.2) is 42.0 Å². The van der Waals surface area contributed by atoms with Gasteiger partial charge in [0.1, 0.15) is 0 Å². The highest BCUT2D eigenvalue weighted by molar-refractivity contribution is 7.13. The number of aromatic nitrogens is 1. The summed E-state index contributed by atoms with van der Waals surface area (Å²) in [5.41, 5.74) is 7.38. The van der Waals surface area contributed by atoms with Crippen LogP contribution in [0.4, 0.5) is 5.13 Å². The topological polar surface area (TPSA) is 62.5 Å². The van der Waals surface area contributed by atoms with Gasteiger partial charge in [-0.25, -0.2) is 4.98 Å². The molecule has 2 heterocycles. The average molecular weight is 353 g/mol. The molecule has 0 saturated carbocycles. The minimum atomic E-state index is 0. The third kappa shape index (κ3) is 4.22. The second kappa shape index (κ2) is 8.29. The largest absolute Gasteiger partial charge is 0.346 e. The van der Waals surface area contributed by atoms with Gasteiger partial charge in [-0.2, -0.15) is 0 Å².